The molecule has 0 amide bonds. The van der Waals surface area contributed by atoms with Crippen LogP contribution in [0.15, 0.2) is 12.2 Å². The van der Waals surface area contributed by atoms with Gasteiger partial charge in [0.25, 0.3) is 0 Å². The molecule has 0 heterocycles. The van der Waals surface area contributed by atoms with E-state index >= 15 is 0 Å². The van der Waals surface area contributed by atoms with Gasteiger partial charge in [0.2, 0.25) is 0 Å². The van der Waals surface area contributed by atoms with Crippen LogP contribution >= 0.6 is 11.6 Å². The third-order valence-corrected chi connectivity index (χ3v) is 4.37. The molecule has 0 nitrogen and oxygen atoms in total. The summed E-state index contributed by atoms with van der Waals surface area (Å²) in [5.41, 5.74) is 1.59. The zero-order valence-corrected chi connectivity index (χ0v) is 8.04. The lowest BCUT2D eigenvalue weighted by Gasteiger charge is -2.34. The van der Waals surface area contributed by atoms with Gasteiger partial charge in [-0.15, -0.1) is 11.6 Å². The Labute approximate surface area is 73.6 Å². The van der Waals surface area contributed by atoms with E-state index in [0.29, 0.717) is 5.41 Å². The Bertz CT molecular complexity index is 210. The second-order valence-electron chi connectivity index (χ2n) is 4.61. The Balaban J connectivity index is 2.42. The molecule has 0 saturated heterocycles. The molecule has 2 atom stereocenters. The van der Waals surface area contributed by atoms with E-state index in [9.17, 15) is 0 Å². The second kappa shape index (κ2) is 1.85. The highest BCUT2D eigenvalue weighted by molar-refractivity contribution is 6.26. The minimum absolute atomic E-state index is 0.0197. The van der Waals surface area contributed by atoms with Gasteiger partial charge in [-0.1, -0.05) is 26.0 Å². The Kier molecular flexibility index (Phi) is 1.29. The lowest BCUT2D eigenvalue weighted by atomic mass is 9.73. The highest BCUT2D eigenvalue weighted by atomic mass is 35.5. The molecule has 0 radical (unpaired) electrons. The number of rotatable bonds is 0. The zero-order valence-electron chi connectivity index (χ0n) is 7.28. The first-order chi connectivity index (χ1) is 4.97. The van der Waals surface area contributed by atoms with Gasteiger partial charge in [0, 0.05) is 0 Å². The largest absolute Gasteiger partial charge is 0.114 e. The lowest BCUT2D eigenvalue weighted by Crippen LogP contribution is -2.27. The van der Waals surface area contributed by atoms with E-state index in [2.05, 4.69) is 20.4 Å². The first-order valence-corrected chi connectivity index (χ1v) is 4.73. The molecule has 11 heavy (non-hydrogen) atoms. The Morgan fingerprint density at radius 2 is 2.18 bits per heavy atom. The highest BCUT2D eigenvalue weighted by Crippen LogP contribution is 2.63. The van der Waals surface area contributed by atoms with E-state index in [-0.39, 0.29) is 4.87 Å². The van der Waals surface area contributed by atoms with Crippen molar-refractivity contribution >= 4 is 11.6 Å². The van der Waals surface area contributed by atoms with Gasteiger partial charge in [0.05, 0.1) is 4.87 Å². The van der Waals surface area contributed by atoms with Crippen molar-refractivity contribution in [1.82, 2.24) is 0 Å². The smallest absolute Gasteiger partial charge is 0.0660 e. The van der Waals surface area contributed by atoms with Crippen molar-refractivity contribution in [3.05, 3.63) is 12.2 Å². The molecule has 0 aromatic heterocycles. The molecular formula is C10H15Cl. The van der Waals surface area contributed by atoms with Crippen LogP contribution in [0, 0.1) is 11.3 Å². The van der Waals surface area contributed by atoms with E-state index in [1.165, 1.54) is 18.4 Å². The van der Waals surface area contributed by atoms with E-state index in [1.807, 2.05) is 0 Å². The van der Waals surface area contributed by atoms with Crippen molar-refractivity contribution in [2.75, 3.05) is 0 Å². The molecule has 2 unspecified atom stereocenters. The van der Waals surface area contributed by atoms with E-state index in [0.717, 1.165) is 12.3 Å². The van der Waals surface area contributed by atoms with Crippen LogP contribution in [0.5, 0.6) is 0 Å². The third kappa shape index (κ3) is 0.767. The van der Waals surface area contributed by atoms with Crippen LogP contribution in [-0.4, -0.2) is 4.87 Å². The predicted molar refractivity (Wildman–Crippen MR) is 48.8 cm³/mol. The molecule has 0 aromatic rings. The van der Waals surface area contributed by atoms with E-state index in [4.69, 9.17) is 11.6 Å². The van der Waals surface area contributed by atoms with Gasteiger partial charge in [-0.2, -0.15) is 0 Å². The van der Waals surface area contributed by atoms with Crippen molar-refractivity contribution in [3.63, 3.8) is 0 Å². The first kappa shape index (κ1) is 7.67. The van der Waals surface area contributed by atoms with Crippen molar-refractivity contribution in [1.29, 1.82) is 0 Å². The van der Waals surface area contributed by atoms with Crippen LogP contribution in [-0.2, 0) is 0 Å². The summed E-state index contributed by atoms with van der Waals surface area (Å²) in [6.07, 6.45) is 3.62. The summed E-state index contributed by atoms with van der Waals surface area (Å²) in [7, 11) is 0. The summed E-state index contributed by atoms with van der Waals surface area (Å²) < 4.78 is 0. The number of alkyl halides is 1. The van der Waals surface area contributed by atoms with Crippen molar-refractivity contribution in [3.8, 4) is 0 Å². The Hall–Kier alpha value is 0.0300. The summed E-state index contributed by atoms with van der Waals surface area (Å²) >= 11 is 6.43. The molecule has 2 aliphatic carbocycles. The van der Waals surface area contributed by atoms with Gasteiger partial charge < -0.3 is 0 Å². The average Bonchev–Trinajstić information content (AvgIpc) is 2.36. The summed E-state index contributed by atoms with van der Waals surface area (Å²) in [6.45, 7) is 8.69. The summed E-state index contributed by atoms with van der Waals surface area (Å²) in [5.74, 6) is 0.799. The first-order valence-electron chi connectivity index (χ1n) is 4.35. The van der Waals surface area contributed by atoms with Crippen molar-refractivity contribution in [2.24, 2.45) is 11.3 Å². The minimum atomic E-state index is -0.0197. The van der Waals surface area contributed by atoms with Crippen LogP contribution in [0.25, 0.3) is 0 Å². The SMILES string of the molecule is C=C1C2(Cl)CCC(C2)C1(C)C. The highest BCUT2D eigenvalue weighted by Gasteiger charge is 2.56. The fraction of sp³-hybridized carbons (Fsp3) is 0.800. The molecule has 2 fully saturated rings. The maximum Gasteiger partial charge on any atom is 0.0660 e. The molecule has 0 aliphatic heterocycles. The maximum atomic E-state index is 6.43. The van der Waals surface area contributed by atoms with Crippen molar-refractivity contribution in [2.45, 2.75) is 38.0 Å². The number of hydrogen-bond donors (Lipinski definition) is 0. The molecule has 0 aromatic carbocycles. The van der Waals surface area contributed by atoms with Gasteiger partial charge in [-0.05, 0) is 30.6 Å². The van der Waals surface area contributed by atoms with Crippen LogP contribution in [0.3, 0.4) is 0 Å². The van der Waals surface area contributed by atoms with Crippen LogP contribution in [0.4, 0.5) is 0 Å². The molecular weight excluding hydrogens is 156 g/mol. The number of halogens is 1. The van der Waals surface area contributed by atoms with E-state index < -0.39 is 0 Å². The summed E-state index contributed by atoms with van der Waals surface area (Å²) in [6, 6.07) is 0. The summed E-state index contributed by atoms with van der Waals surface area (Å²) in [4.78, 5) is -0.0197. The third-order valence-electron chi connectivity index (χ3n) is 3.80. The van der Waals surface area contributed by atoms with Crippen LogP contribution < -0.4 is 0 Å². The molecule has 2 bridgehead atoms. The van der Waals surface area contributed by atoms with Gasteiger partial charge in [0.1, 0.15) is 0 Å². The normalized spacial score (nSPS) is 46.8. The monoisotopic (exact) mass is 170 g/mol. The van der Waals surface area contributed by atoms with Crippen LogP contribution in [0.2, 0.25) is 0 Å². The number of fused-ring (bicyclic) bond motifs is 2. The Morgan fingerprint density at radius 3 is 2.45 bits per heavy atom. The van der Waals surface area contributed by atoms with Gasteiger partial charge >= 0.3 is 0 Å². The standard InChI is InChI=1S/C10H15Cl/c1-7-9(2,3)8-4-5-10(7,11)6-8/h8H,1,4-6H2,2-3H3. The second-order valence-corrected chi connectivity index (χ2v) is 5.33. The molecule has 62 valence electrons. The molecule has 2 saturated carbocycles. The maximum absolute atomic E-state index is 6.43. The van der Waals surface area contributed by atoms with Gasteiger partial charge in [-0.3, -0.25) is 0 Å². The molecule has 2 rings (SSSR count). The van der Waals surface area contributed by atoms with Crippen LogP contribution in [0.1, 0.15) is 33.1 Å². The minimum Gasteiger partial charge on any atom is -0.114 e. The fourth-order valence-corrected chi connectivity index (χ4v) is 3.25. The molecule has 0 N–H and O–H groups in total. The topological polar surface area (TPSA) is 0 Å². The zero-order chi connectivity index (χ0) is 8.28. The molecule has 2 aliphatic rings. The van der Waals surface area contributed by atoms with E-state index in [1.54, 1.807) is 0 Å². The number of hydrogen-bond acceptors (Lipinski definition) is 0. The molecule has 0 spiro atoms. The summed E-state index contributed by atoms with van der Waals surface area (Å²) in [5, 5.41) is 0. The lowest BCUT2D eigenvalue weighted by molar-refractivity contribution is 0.290. The number of allylic oxidation sites excluding steroid dienone is 1. The fourth-order valence-electron chi connectivity index (χ4n) is 2.71. The Morgan fingerprint density at radius 1 is 1.55 bits per heavy atom. The molecule has 1 heteroatoms. The average molecular weight is 171 g/mol. The quantitative estimate of drug-likeness (QED) is 0.386. The van der Waals surface area contributed by atoms with Gasteiger partial charge in [-0.25, -0.2) is 0 Å². The predicted octanol–water partition coefficient (Wildman–Crippen LogP) is 3.36. The van der Waals surface area contributed by atoms with Gasteiger partial charge in [0.15, 0.2) is 0 Å². The van der Waals surface area contributed by atoms with Crippen molar-refractivity contribution < 1.29 is 0 Å².